The van der Waals surface area contributed by atoms with Crippen LogP contribution >= 0.6 is 0 Å². The Hall–Kier alpha value is -4.32. The summed E-state index contributed by atoms with van der Waals surface area (Å²) in [5.74, 6) is 0.822. The van der Waals surface area contributed by atoms with Gasteiger partial charge in [-0.1, -0.05) is 289 Å². The molecule has 2 aliphatic carbocycles. The van der Waals surface area contributed by atoms with Crippen LogP contribution in [0.1, 0.15) is 264 Å². The van der Waals surface area contributed by atoms with Crippen molar-refractivity contribution >= 4 is 11.9 Å². The average molecular weight is 1340 g/mol. The Morgan fingerprint density at radius 3 is 1.06 bits per heavy atom. The summed E-state index contributed by atoms with van der Waals surface area (Å²) in [5.41, 5.74) is 8.58. The SMILES string of the molecule is CC1=C(/C=C/C(C)=C/C=C/C(C)=C/C=C/C=C(C)/C=C/C=C(C)/C=C/C2=C(C)C[C@@H](OC3O[C@H](COC(=O)CCCCCCCCCCCC(C)C)[C@@H](O)[C@H](O)[C@H]3O)CC2(C)C)C(C)(C)C[C@H](OC2O[C@H](COC(=O)CCCCCCCCCCCC(C)C)[C@@H](O)[C@H](O)[C@H]2O)C1. The van der Waals surface area contributed by atoms with Gasteiger partial charge < -0.3 is 59.1 Å². The first-order chi connectivity index (χ1) is 45.6. The Labute approximate surface area is 580 Å². The van der Waals surface area contributed by atoms with Crippen LogP contribution in [0, 0.1) is 22.7 Å². The van der Waals surface area contributed by atoms with Crippen LogP contribution in [0.3, 0.4) is 0 Å². The van der Waals surface area contributed by atoms with Gasteiger partial charge in [0.1, 0.15) is 62.0 Å². The van der Waals surface area contributed by atoms with Gasteiger partial charge in [0, 0.05) is 12.8 Å². The third-order valence-electron chi connectivity index (χ3n) is 19.3. The number of carbonyl (C=O) groups is 2. The molecular weight excluding hydrogens is 1210 g/mol. The Bertz CT molecular complexity index is 2480. The molecule has 96 heavy (non-hydrogen) atoms. The Balaban J connectivity index is 1.18. The number of allylic oxidation sites excluding steroid dienone is 20. The molecule has 14 heteroatoms. The molecule has 544 valence electrons. The third kappa shape index (κ3) is 31.9. The van der Waals surface area contributed by atoms with Crippen LogP contribution < -0.4 is 0 Å². The Kier molecular flexibility index (Phi) is 39.2. The summed E-state index contributed by atoms with van der Waals surface area (Å²) in [4.78, 5) is 25.2. The minimum atomic E-state index is -1.52. The second-order valence-corrected chi connectivity index (χ2v) is 30.5. The van der Waals surface area contributed by atoms with Gasteiger partial charge in [0.05, 0.1) is 12.2 Å². The van der Waals surface area contributed by atoms with Gasteiger partial charge in [-0.3, -0.25) is 9.59 Å². The van der Waals surface area contributed by atoms with Crippen molar-refractivity contribution in [3.8, 4) is 0 Å². The van der Waals surface area contributed by atoms with Gasteiger partial charge in [0.15, 0.2) is 12.6 Å². The molecule has 2 aliphatic heterocycles. The molecule has 0 saturated carbocycles. The molecule has 2 unspecified atom stereocenters. The lowest BCUT2D eigenvalue weighted by Crippen LogP contribution is -2.60. The molecule has 2 fully saturated rings. The molecule has 0 spiro atoms. The number of rotatable bonds is 42. The zero-order valence-electron chi connectivity index (χ0n) is 61.9. The second kappa shape index (κ2) is 44.7. The van der Waals surface area contributed by atoms with E-state index < -0.39 is 61.4 Å². The van der Waals surface area contributed by atoms with Gasteiger partial charge in [-0.2, -0.15) is 0 Å². The molecule has 0 aromatic rings. The van der Waals surface area contributed by atoms with Crippen LogP contribution in [0.2, 0.25) is 0 Å². The second-order valence-electron chi connectivity index (χ2n) is 30.5. The summed E-state index contributed by atoms with van der Waals surface area (Å²) in [7, 11) is 0. The topological polar surface area (TPSA) is 211 Å². The third-order valence-corrected chi connectivity index (χ3v) is 19.3. The van der Waals surface area contributed by atoms with E-state index in [1.807, 2.05) is 24.3 Å². The van der Waals surface area contributed by atoms with Crippen molar-refractivity contribution in [2.24, 2.45) is 22.7 Å². The van der Waals surface area contributed by atoms with E-state index in [1.165, 1.54) is 101 Å². The van der Waals surface area contributed by atoms with Crippen molar-refractivity contribution in [1.82, 2.24) is 0 Å². The quantitative estimate of drug-likeness (QED) is 0.0191. The summed E-state index contributed by atoms with van der Waals surface area (Å²) in [6.45, 7) is 29.8. The highest BCUT2D eigenvalue weighted by Crippen LogP contribution is 2.45. The van der Waals surface area contributed by atoms with E-state index in [4.69, 9.17) is 28.4 Å². The number of aliphatic hydroxyl groups excluding tert-OH is 6. The number of hydrogen-bond donors (Lipinski definition) is 6. The minimum absolute atomic E-state index is 0.237. The summed E-state index contributed by atoms with van der Waals surface area (Å²) in [6.07, 6.45) is 41.8. The highest BCUT2D eigenvalue weighted by molar-refractivity contribution is 5.69. The lowest BCUT2D eigenvalue weighted by atomic mass is 9.71. The lowest BCUT2D eigenvalue weighted by molar-refractivity contribution is -0.313. The lowest BCUT2D eigenvalue weighted by Gasteiger charge is -2.43. The van der Waals surface area contributed by atoms with Crippen molar-refractivity contribution in [2.75, 3.05) is 13.2 Å². The van der Waals surface area contributed by atoms with E-state index >= 15 is 0 Å². The maximum atomic E-state index is 12.6. The molecule has 0 bridgehead atoms. The van der Waals surface area contributed by atoms with E-state index in [0.717, 1.165) is 83.8 Å². The zero-order chi connectivity index (χ0) is 70.8. The average Bonchev–Trinajstić information content (AvgIpc) is 0.802. The molecule has 4 rings (SSSR count). The monoisotopic (exact) mass is 1340 g/mol. The van der Waals surface area contributed by atoms with Crippen molar-refractivity contribution in [3.05, 3.63) is 130 Å². The largest absolute Gasteiger partial charge is 0.463 e. The molecule has 14 nitrogen and oxygen atoms in total. The number of carbonyl (C=O) groups excluding carboxylic acids is 2. The number of unbranched alkanes of at least 4 members (excludes halogenated alkanes) is 16. The molecule has 0 aromatic carbocycles. The van der Waals surface area contributed by atoms with Gasteiger partial charge in [-0.25, -0.2) is 0 Å². The Morgan fingerprint density at radius 2 is 0.740 bits per heavy atom. The summed E-state index contributed by atoms with van der Waals surface area (Å²) in [6, 6.07) is 0. The molecule has 0 radical (unpaired) electrons. The summed E-state index contributed by atoms with van der Waals surface area (Å²) < 4.78 is 35.7. The van der Waals surface area contributed by atoms with Crippen LogP contribution in [0.25, 0.3) is 0 Å². The maximum absolute atomic E-state index is 12.6. The Morgan fingerprint density at radius 1 is 0.438 bits per heavy atom. The van der Waals surface area contributed by atoms with Crippen molar-refractivity contribution in [2.45, 2.75) is 337 Å². The van der Waals surface area contributed by atoms with E-state index in [0.29, 0.717) is 25.7 Å². The van der Waals surface area contributed by atoms with Crippen LogP contribution in [0.5, 0.6) is 0 Å². The number of ether oxygens (including phenoxy) is 6. The van der Waals surface area contributed by atoms with Crippen LogP contribution in [-0.2, 0) is 38.0 Å². The summed E-state index contributed by atoms with van der Waals surface area (Å²) in [5, 5.41) is 65.0. The first kappa shape index (κ1) is 84.1. The van der Waals surface area contributed by atoms with Crippen LogP contribution in [-0.4, -0.2) is 129 Å². The molecule has 6 N–H and O–H groups in total. The van der Waals surface area contributed by atoms with Gasteiger partial charge >= 0.3 is 11.9 Å². The zero-order valence-corrected chi connectivity index (χ0v) is 61.9. The van der Waals surface area contributed by atoms with Crippen molar-refractivity contribution in [1.29, 1.82) is 0 Å². The van der Waals surface area contributed by atoms with E-state index in [-0.39, 0.29) is 61.0 Å². The first-order valence-electron chi connectivity index (χ1n) is 37.1. The molecule has 0 aromatic heterocycles. The molecule has 0 amide bonds. The molecule has 2 saturated heterocycles. The molecule has 12 atom stereocenters. The standard InChI is InChI=1S/C82H132O14/c1-57(2)37-29-25-21-17-15-19-23-27-31-45-71(83)91-55-69-73(85)75(87)77(89)79(95-69)93-65-51-63(9)67(81(11,12)53-65)49-47-61(7)43-35-41-59(5)39-33-34-40-60(6)42-36-44-62(8)48-50-68-64(10)52-66(54-82(68,13)14)94-80-78(90)76(88)74(86)70(96-80)56-92-72(84)46-32-28-24-20-16-18-22-26-30-38-58(3)4/h33-36,39-44,47-50,57-58,65-66,69-70,73-80,85-90H,15-32,37-38,45-46,51-56H2,1-14H3/b34-33+,41-35+,42-36+,49-47+,50-48+,59-39+,60-40+,61-43+,62-44+/t65-,66-,69-,70-,73-,74-,75+,76+,77-,78-,79?,80?/m1/s1. The van der Waals surface area contributed by atoms with Crippen molar-refractivity contribution in [3.63, 3.8) is 0 Å². The smallest absolute Gasteiger partial charge is 0.305 e. The fraction of sp³-hybridized carbons (Fsp3) is 0.707. The normalized spacial score (nSPS) is 27.4. The van der Waals surface area contributed by atoms with E-state index in [2.05, 4.69) is 158 Å². The fourth-order valence-corrected chi connectivity index (χ4v) is 13.6. The van der Waals surface area contributed by atoms with Gasteiger partial charge in [-0.05, 0) is 114 Å². The predicted molar refractivity (Wildman–Crippen MR) is 388 cm³/mol. The van der Waals surface area contributed by atoms with Gasteiger partial charge in [0.25, 0.3) is 0 Å². The van der Waals surface area contributed by atoms with Crippen LogP contribution in [0.15, 0.2) is 130 Å². The predicted octanol–water partition coefficient (Wildman–Crippen LogP) is 17.2. The molecule has 4 aliphatic rings. The highest BCUT2D eigenvalue weighted by atomic mass is 16.7. The summed E-state index contributed by atoms with van der Waals surface area (Å²) >= 11 is 0. The fourth-order valence-electron chi connectivity index (χ4n) is 13.6. The van der Waals surface area contributed by atoms with Gasteiger partial charge in [0.2, 0.25) is 0 Å². The van der Waals surface area contributed by atoms with Crippen LogP contribution in [0.4, 0.5) is 0 Å². The number of aliphatic hydroxyl groups is 6. The van der Waals surface area contributed by atoms with E-state index in [1.54, 1.807) is 0 Å². The maximum Gasteiger partial charge on any atom is 0.305 e. The first-order valence-corrected chi connectivity index (χ1v) is 37.1. The molecular formula is C82H132O14. The van der Waals surface area contributed by atoms with Gasteiger partial charge in [-0.15, -0.1) is 0 Å². The number of esters is 2. The minimum Gasteiger partial charge on any atom is -0.463 e. The highest BCUT2D eigenvalue weighted by Gasteiger charge is 2.48. The molecule has 2 heterocycles. The van der Waals surface area contributed by atoms with Crippen molar-refractivity contribution < 1.29 is 68.6 Å². The van der Waals surface area contributed by atoms with E-state index in [9.17, 15) is 40.2 Å². The number of hydrogen-bond acceptors (Lipinski definition) is 14.